The molecule has 0 saturated carbocycles. The Morgan fingerprint density at radius 2 is 1.79 bits per heavy atom. The maximum absolute atomic E-state index is 13.0. The van der Waals surface area contributed by atoms with Crippen LogP contribution in [-0.4, -0.2) is 67.8 Å². The van der Waals surface area contributed by atoms with Crippen molar-refractivity contribution in [2.24, 2.45) is 0 Å². The van der Waals surface area contributed by atoms with Crippen molar-refractivity contribution in [3.8, 4) is 17.3 Å². The van der Waals surface area contributed by atoms with Gasteiger partial charge in [0.05, 0.1) is 12.0 Å². The predicted molar refractivity (Wildman–Crippen MR) is 152 cm³/mol. The molecular weight excluding hydrogens is 510 g/mol. The minimum atomic E-state index is -0.0291. The fourth-order valence-corrected chi connectivity index (χ4v) is 5.74. The van der Waals surface area contributed by atoms with Crippen molar-refractivity contribution in [2.45, 2.75) is 44.8 Å². The SMILES string of the molecule is Cc1ccc(C(=O)N2CCN(C(=O)CCCSc3nnc(-c4ccco4)n3-c3ccccc3C)CC2C)cc1. The van der Waals surface area contributed by atoms with Gasteiger partial charge >= 0.3 is 0 Å². The highest BCUT2D eigenvalue weighted by molar-refractivity contribution is 7.99. The smallest absolute Gasteiger partial charge is 0.254 e. The molecule has 1 atom stereocenters. The number of rotatable bonds is 8. The summed E-state index contributed by atoms with van der Waals surface area (Å²) in [6.45, 7) is 7.73. The number of nitrogens with zero attached hydrogens (tertiary/aromatic N) is 5. The zero-order chi connectivity index (χ0) is 27.4. The van der Waals surface area contributed by atoms with E-state index >= 15 is 0 Å². The number of aryl methyl sites for hydroxylation is 2. The second-order valence-electron chi connectivity index (χ2n) is 9.91. The summed E-state index contributed by atoms with van der Waals surface area (Å²) in [6.07, 6.45) is 2.80. The van der Waals surface area contributed by atoms with Crippen molar-refractivity contribution in [3.05, 3.63) is 83.6 Å². The average molecular weight is 544 g/mol. The Labute approximate surface area is 233 Å². The van der Waals surface area contributed by atoms with Crippen molar-refractivity contribution >= 4 is 23.6 Å². The van der Waals surface area contributed by atoms with Gasteiger partial charge in [-0.1, -0.05) is 47.7 Å². The minimum absolute atomic E-state index is 0.0256. The van der Waals surface area contributed by atoms with E-state index < -0.39 is 0 Å². The number of para-hydroxylation sites is 1. The molecule has 1 aliphatic rings. The lowest BCUT2D eigenvalue weighted by Gasteiger charge is -2.40. The van der Waals surface area contributed by atoms with Crippen molar-refractivity contribution < 1.29 is 14.0 Å². The van der Waals surface area contributed by atoms with E-state index in [9.17, 15) is 9.59 Å². The van der Waals surface area contributed by atoms with Gasteiger partial charge in [0.25, 0.3) is 5.91 Å². The molecule has 1 saturated heterocycles. The molecule has 5 rings (SSSR count). The summed E-state index contributed by atoms with van der Waals surface area (Å²) >= 11 is 1.58. The van der Waals surface area contributed by atoms with E-state index in [1.165, 1.54) is 0 Å². The van der Waals surface area contributed by atoms with E-state index in [1.807, 2.05) is 82.8 Å². The maximum atomic E-state index is 13.0. The number of furan rings is 1. The standard InChI is InChI=1S/C30H33N5O3S/c1-21-12-14-24(15-13-21)29(37)34-17-16-33(20-23(34)3)27(36)11-7-19-39-30-32-31-28(26-10-6-18-38-26)35(30)25-9-5-4-8-22(25)2/h4-6,8-10,12-15,18,23H,7,11,16-17,19-20H2,1-3H3. The molecule has 1 aliphatic heterocycles. The van der Waals surface area contributed by atoms with Crippen LogP contribution in [0.4, 0.5) is 0 Å². The number of carbonyl (C=O) groups excluding carboxylic acids is 2. The Balaban J connectivity index is 1.16. The molecule has 9 heteroatoms. The lowest BCUT2D eigenvalue weighted by atomic mass is 10.1. The molecule has 202 valence electrons. The third-order valence-corrected chi connectivity index (χ3v) is 8.05. The van der Waals surface area contributed by atoms with Crippen molar-refractivity contribution in [1.82, 2.24) is 24.6 Å². The molecule has 2 aromatic carbocycles. The molecule has 0 radical (unpaired) electrons. The number of thioether (sulfide) groups is 1. The van der Waals surface area contributed by atoms with Crippen LogP contribution in [0.2, 0.25) is 0 Å². The summed E-state index contributed by atoms with van der Waals surface area (Å²) in [6, 6.07) is 19.4. The van der Waals surface area contributed by atoms with Gasteiger partial charge < -0.3 is 14.2 Å². The monoisotopic (exact) mass is 543 g/mol. The van der Waals surface area contributed by atoms with Gasteiger partial charge in [-0.25, -0.2) is 0 Å². The molecule has 2 amide bonds. The van der Waals surface area contributed by atoms with Gasteiger partial charge in [-0.15, -0.1) is 10.2 Å². The second kappa shape index (κ2) is 11.9. The van der Waals surface area contributed by atoms with Crippen LogP contribution in [0, 0.1) is 13.8 Å². The van der Waals surface area contributed by atoms with Gasteiger partial charge in [0.2, 0.25) is 11.7 Å². The van der Waals surface area contributed by atoms with Gasteiger partial charge in [0, 0.05) is 43.4 Å². The Bertz CT molecular complexity index is 1430. The highest BCUT2D eigenvalue weighted by atomic mass is 32.2. The van der Waals surface area contributed by atoms with Crippen molar-refractivity contribution in [2.75, 3.05) is 25.4 Å². The Hall–Kier alpha value is -3.85. The number of piperazine rings is 1. The molecule has 3 heterocycles. The Morgan fingerprint density at radius 1 is 1.00 bits per heavy atom. The van der Waals surface area contributed by atoms with E-state index in [1.54, 1.807) is 18.0 Å². The third kappa shape index (κ3) is 5.93. The first-order chi connectivity index (χ1) is 18.9. The average Bonchev–Trinajstić information content (AvgIpc) is 3.61. The summed E-state index contributed by atoms with van der Waals surface area (Å²) in [7, 11) is 0. The highest BCUT2D eigenvalue weighted by Gasteiger charge is 2.30. The third-order valence-electron chi connectivity index (χ3n) is 7.04. The number of amides is 2. The molecular formula is C30H33N5O3S. The summed E-state index contributed by atoms with van der Waals surface area (Å²) in [5, 5.41) is 9.62. The van der Waals surface area contributed by atoms with Crippen LogP contribution in [0.25, 0.3) is 17.3 Å². The first-order valence-corrected chi connectivity index (χ1v) is 14.2. The van der Waals surface area contributed by atoms with E-state index in [4.69, 9.17) is 4.42 Å². The Morgan fingerprint density at radius 3 is 2.51 bits per heavy atom. The van der Waals surface area contributed by atoms with E-state index in [0.717, 1.165) is 34.1 Å². The molecule has 0 bridgehead atoms. The zero-order valence-electron chi connectivity index (χ0n) is 22.5. The van der Waals surface area contributed by atoms with Crippen LogP contribution in [0.1, 0.15) is 41.3 Å². The summed E-state index contributed by atoms with van der Waals surface area (Å²) in [5.41, 5.74) is 3.93. The van der Waals surface area contributed by atoms with Crippen molar-refractivity contribution in [3.63, 3.8) is 0 Å². The quantitative estimate of drug-likeness (QED) is 0.219. The topological polar surface area (TPSA) is 84.5 Å². The molecule has 4 aromatic rings. The van der Waals surface area contributed by atoms with Gasteiger partial charge in [0.1, 0.15) is 0 Å². The molecule has 2 aromatic heterocycles. The van der Waals surface area contributed by atoms with Crippen LogP contribution in [0.5, 0.6) is 0 Å². The second-order valence-corrected chi connectivity index (χ2v) is 11.0. The van der Waals surface area contributed by atoms with Gasteiger partial charge in [-0.05, 0) is 63.1 Å². The summed E-state index contributed by atoms with van der Waals surface area (Å²) in [4.78, 5) is 29.7. The number of hydrogen-bond donors (Lipinski definition) is 0. The fourth-order valence-electron chi connectivity index (χ4n) is 4.85. The van der Waals surface area contributed by atoms with Crippen LogP contribution in [0.15, 0.2) is 76.5 Å². The van der Waals surface area contributed by atoms with E-state index in [0.29, 0.717) is 43.2 Å². The number of benzene rings is 2. The molecule has 39 heavy (non-hydrogen) atoms. The van der Waals surface area contributed by atoms with Crippen LogP contribution >= 0.6 is 11.8 Å². The van der Waals surface area contributed by atoms with Crippen LogP contribution in [0.3, 0.4) is 0 Å². The van der Waals surface area contributed by atoms with Crippen molar-refractivity contribution in [1.29, 1.82) is 0 Å². The van der Waals surface area contributed by atoms with Gasteiger partial charge in [0.15, 0.2) is 10.9 Å². The maximum Gasteiger partial charge on any atom is 0.254 e. The first kappa shape index (κ1) is 26.7. The van der Waals surface area contributed by atoms with E-state index in [2.05, 4.69) is 23.2 Å². The summed E-state index contributed by atoms with van der Waals surface area (Å²) < 4.78 is 7.63. The molecule has 0 N–H and O–H groups in total. The van der Waals surface area contributed by atoms with Crippen LogP contribution < -0.4 is 0 Å². The molecule has 1 fully saturated rings. The van der Waals surface area contributed by atoms with Gasteiger partial charge in [-0.3, -0.25) is 14.2 Å². The normalized spacial score (nSPS) is 15.5. The number of hydrogen-bond acceptors (Lipinski definition) is 6. The van der Waals surface area contributed by atoms with E-state index in [-0.39, 0.29) is 17.9 Å². The lowest BCUT2D eigenvalue weighted by molar-refractivity contribution is -0.133. The first-order valence-electron chi connectivity index (χ1n) is 13.3. The zero-order valence-corrected chi connectivity index (χ0v) is 23.4. The molecule has 8 nitrogen and oxygen atoms in total. The molecule has 0 spiro atoms. The Kier molecular flexibility index (Phi) is 8.16. The fraction of sp³-hybridized carbons (Fsp3) is 0.333. The minimum Gasteiger partial charge on any atom is -0.461 e. The van der Waals surface area contributed by atoms with Gasteiger partial charge in [-0.2, -0.15) is 0 Å². The van der Waals surface area contributed by atoms with Crippen LogP contribution in [-0.2, 0) is 4.79 Å². The predicted octanol–water partition coefficient (Wildman–Crippen LogP) is 5.39. The molecule has 1 unspecified atom stereocenters. The number of aromatic nitrogens is 3. The molecule has 0 aliphatic carbocycles. The lowest BCUT2D eigenvalue weighted by Crippen LogP contribution is -2.55. The largest absolute Gasteiger partial charge is 0.461 e. The summed E-state index contributed by atoms with van der Waals surface area (Å²) in [5.74, 6) is 2.19. The highest BCUT2D eigenvalue weighted by Crippen LogP contribution is 2.30. The number of carbonyl (C=O) groups is 2.